The predicted molar refractivity (Wildman–Crippen MR) is 91.5 cm³/mol. The molecule has 7 nitrogen and oxygen atoms in total. The minimum atomic E-state index is -0.315. The first-order valence-electron chi connectivity index (χ1n) is 8.31. The van der Waals surface area contributed by atoms with Crippen LogP contribution in [-0.2, 0) is 0 Å². The van der Waals surface area contributed by atoms with Gasteiger partial charge >= 0.3 is 0 Å². The van der Waals surface area contributed by atoms with Crippen molar-refractivity contribution in [3.05, 3.63) is 29.7 Å². The van der Waals surface area contributed by atoms with Gasteiger partial charge in [0.1, 0.15) is 5.82 Å². The number of likely N-dealkylation sites (tertiary alicyclic amines) is 1. The normalized spacial score (nSPS) is 15.9. The molecule has 1 aromatic carbocycles. The average molecular weight is 344 g/mol. The summed E-state index contributed by atoms with van der Waals surface area (Å²) in [6.45, 7) is 3.31. The number of nitrogens with zero attached hydrogens (tertiary/aromatic N) is 4. The fraction of sp³-hybridized carbons (Fsp3) is 0.471. The van der Waals surface area contributed by atoms with Crippen LogP contribution >= 0.6 is 0 Å². The van der Waals surface area contributed by atoms with E-state index in [2.05, 4.69) is 15.4 Å². The van der Waals surface area contributed by atoms with Gasteiger partial charge in [0, 0.05) is 37.5 Å². The third-order valence-electron chi connectivity index (χ3n) is 4.64. The maximum atomic E-state index is 13.3. The van der Waals surface area contributed by atoms with Gasteiger partial charge in [0.25, 0.3) is 0 Å². The van der Waals surface area contributed by atoms with Crippen molar-refractivity contribution in [3.63, 3.8) is 0 Å². The van der Waals surface area contributed by atoms with Gasteiger partial charge in [-0.2, -0.15) is 5.26 Å². The van der Waals surface area contributed by atoms with Gasteiger partial charge in [0.15, 0.2) is 11.8 Å². The van der Waals surface area contributed by atoms with Crippen molar-refractivity contribution in [2.45, 2.75) is 18.8 Å². The highest BCUT2D eigenvalue weighted by molar-refractivity contribution is 5.80. The molecule has 0 saturated carbocycles. The van der Waals surface area contributed by atoms with Crippen LogP contribution in [0, 0.1) is 22.7 Å². The van der Waals surface area contributed by atoms with Gasteiger partial charge in [-0.05, 0) is 38.1 Å². The number of guanidine groups is 1. The van der Waals surface area contributed by atoms with Crippen LogP contribution in [0.2, 0.25) is 0 Å². The predicted octanol–water partition coefficient (Wildman–Crippen LogP) is 2.08. The quantitative estimate of drug-likeness (QED) is 0.382. The number of aromatic nitrogens is 1. The molecule has 0 bridgehead atoms. The van der Waals surface area contributed by atoms with E-state index in [9.17, 15) is 4.39 Å². The van der Waals surface area contributed by atoms with E-state index < -0.39 is 0 Å². The molecular formula is C17H21FN6O. The summed E-state index contributed by atoms with van der Waals surface area (Å²) < 4.78 is 18.5. The Balaban J connectivity index is 1.50. The van der Waals surface area contributed by atoms with E-state index in [0.717, 1.165) is 43.6 Å². The Kier molecular flexibility index (Phi) is 5.14. The number of fused-ring (bicyclic) bond motifs is 1. The molecule has 2 N–H and O–H groups in total. The van der Waals surface area contributed by atoms with Gasteiger partial charge in [-0.15, -0.1) is 0 Å². The third-order valence-corrected chi connectivity index (χ3v) is 4.64. The van der Waals surface area contributed by atoms with Gasteiger partial charge < -0.3 is 14.7 Å². The zero-order valence-electron chi connectivity index (χ0n) is 14.1. The molecule has 0 aliphatic carbocycles. The van der Waals surface area contributed by atoms with E-state index in [4.69, 9.17) is 15.2 Å². The van der Waals surface area contributed by atoms with E-state index in [-0.39, 0.29) is 11.8 Å². The lowest BCUT2D eigenvalue weighted by Gasteiger charge is -2.31. The molecule has 1 aromatic heterocycles. The van der Waals surface area contributed by atoms with Gasteiger partial charge in [0.05, 0.1) is 5.69 Å². The zero-order chi connectivity index (χ0) is 17.8. The maximum absolute atomic E-state index is 13.3. The molecule has 2 heterocycles. The summed E-state index contributed by atoms with van der Waals surface area (Å²) in [6, 6.07) is 4.56. The van der Waals surface area contributed by atoms with Crippen LogP contribution in [0.5, 0.6) is 0 Å². The monoisotopic (exact) mass is 344 g/mol. The highest BCUT2D eigenvalue weighted by Gasteiger charge is 2.25. The van der Waals surface area contributed by atoms with Crippen molar-refractivity contribution in [1.29, 1.82) is 10.7 Å². The van der Waals surface area contributed by atoms with E-state index in [0.29, 0.717) is 18.0 Å². The van der Waals surface area contributed by atoms with Crippen LogP contribution in [-0.4, -0.2) is 54.1 Å². The molecular weight excluding hydrogens is 323 g/mol. The van der Waals surface area contributed by atoms with Crippen LogP contribution in [0.15, 0.2) is 22.7 Å². The van der Waals surface area contributed by atoms with E-state index in [1.54, 1.807) is 13.1 Å². The Morgan fingerprint density at radius 2 is 2.28 bits per heavy atom. The molecule has 0 amide bonds. The van der Waals surface area contributed by atoms with Gasteiger partial charge in [-0.25, -0.2) is 4.39 Å². The number of hydrogen-bond acceptors (Lipinski definition) is 5. The fourth-order valence-corrected chi connectivity index (χ4v) is 3.16. The van der Waals surface area contributed by atoms with Crippen molar-refractivity contribution < 1.29 is 8.91 Å². The van der Waals surface area contributed by atoms with Crippen LogP contribution < -0.4 is 5.32 Å². The third kappa shape index (κ3) is 3.88. The lowest BCUT2D eigenvalue weighted by molar-refractivity contribution is 0.212. The Bertz CT molecular complexity index is 790. The summed E-state index contributed by atoms with van der Waals surface area (Å²) in [5, 5.41) is 24.4. The van der Waals surface area contributed by atoms with Crippen LogP contribution in [0.25, 0.3) is 11.0 Å². The Morgan fingerprint density at radius 1 is 1.52 bits per heavy atom. The first kappa shape index (κ1) is 17.2. The van der Waals surface area contributed by atoms with Crippen molar-refractivity contribution in [1.82, 2.24) is 20.3 Å². The standard InChI is InChI=1S/C17H21FN6O/c1-23(11-19)17(20)21-6-9-24-7-4-12(5-8-24)16-14-3-2-13(18)10-15(14)25-22-16/h2-3,10,12H,4-9H2,1H3,(H2,20,21). The number of piperidine rings is 1. The molecule has 25 heavy (non-hydrogen) atoms. The van der Waals surface area contributed by atoms with E-state index >= 15 is 0 Å². The number of nitriles is 1. The molecule has 0 unspecified atom stereocenters. The molecule has 0 atom stereocenters. The second-order valence-electron chi connectivity index (χ2n) is 6.26. The number of rotatable bonds is 4. The molecule has 8 heteroatoms. The van der Waals surface area contributed by atoms with E-state index in [1.807, 2.05) is 6.19 Å². The molecule has 132 valence electrons. The molecule has 3 rings (SSSR count). The summed E-state index contributed by atoms with van der Waals surface area (Å²) in [7, 11) is 1.55. The number of benzene rings is 1. The summed E-state index contributed by atoms with van der Waals surface area (Å²) in [5.41, 5.74) is 1.42. The molecule has 1 fully saturated rings. The average Bonchev–Trinajstić information content (AvgIpc) is 3.04. The highest BCUT2D eigenvalue weighted by atomic mass is 19.1. The molecule has 0 radical (unpaired) electrons. The Morgan fingerprint density at radius 3 is 3.00 bits per heavy atom. The first-order chi connectivity index (χ1) is 12.1. The Hall–Kier alpha value is -2.66. The number of nitrogens with one attached hydrogen (secondary N) is 2. The zero-order valence-corrected chi connectivity index (χ0v) is 14.1. The molecule has 1 saturated heterocycles. The second-order valence-corrected chi connectivity index (χ2v) is 6.26. The lowest BCUT2D eigenvalue weighted by atomic mass is 9.91. The summed E-state index contributed by atoms with van der Waals surface area (Å²) >= 11 is 0. The topological polar surface area (TPSA) is 92.2 Å². The van der Waals surface area contributed by atoms with Crippen molar-refractivity contribution in [2.75, 3.05) is 33.2 Å². The minimum absolute atomic E-state index is 0.110. The minimum Gasteiger partial charge on any atom is -0.356 e. The molecule has 0 spiro atoms. The SMILES string of the molecule is CN(C#N)C(=N)NCCN1CCC(c2noc3cc(F)ccc23)CC1. The molecule has 1 aliphatic heterocycles. The first-order valence-corrected chi connectivity index (χ1v) is 8.31. The summed E-state index contributed by atoms with van der Waals surface area (Å²) in [6.07, 6.45) is 3.82. The van der Waals surface area contributed by atoms with Gasteiger partial charge in [-0.1, -0.05) is 5.16 Å². The number of hydrogen-bond donors (Lipinski definition) is 2. The van der Waals surface area contributed by atoms with Gasteiger partial charge in [0.2, 0.25) is 5.96 Å². The van der Waals surface area contributed by atoms with Crippen molar-refractivity contribution >= 4 is 16.9 Å². The smallest absolute Gasteiger partial charge is 0.204 e. The maximum Gasteiger partial charge on any atom is 0.204 e. The lowest BCUT2D eigenvalue weighted by Crippen LogP contribution is -2.42. The largest absolute Gasteiger partial charge is 0.356 e. The van der Waals surface area contributed by atoms with Gasteiger partial charge in [-0.3, -0.25) is 10.3 Å². The number of halogens is 1. The second kappa shape index (κ2) is 7.49. The van der Waals surface area contributed by atoms with Crippen LogP contribution in [0.4, 0.5) is 4.39 Å². The summed E-state index contributed by atoms with van der Waals surface area (Å²) in [5.74, 6) is 0.114. The highest BCUT2D eigenvalue weighted by Crippen LogP contribution is 2.32. The van der Waals surface area contributed by atoms with Crippen LogP contribution in [0.3, 0.4) is 0 Å². The molecule has 2 aromatic rings. The Labute approximate surface area is 145 Å². The van der Waals surface area contributed by atoms with Crippen molar-refractivity contribution in [2.24, 2.45) is 0 Å². The van der Waals surface area contributed by atoms with Crippen LogP contribution in [0.1, 0.15) is 24.5 Å². The fourth-order valence-electron chi connectivity index (χ4n) is 3.16. The van der Waals surface area contributed by atoms with Crippen molar-refractivity contribution in [3.8, 4) is 6.19 Å². The molecule has 1 aliphatic rings. The summed E-state index contributed by atoms with van der Waals surface area (Å²) in [4.78, 5) is 3.51. The van der Waals surface area contributed by atoms with E-state index in [1.165, 1.54) is 17.0 Å².